The normalized spacial score (nSPS) is 40.7. The van der Waals surface area contributed by atoms with Crippen LogP contribution in [0.4, 0.5) is 0 Å². The zero-order valence-electron chi connectivity index (χ0n) is 11.1. The van der Waals surface area contributed by atoms with Gasteiger partial charge in [-0.3, -0.25) is 4.79 Å². The molecule has 4 N–H and O–H groups in total. The molecular weight excluding hydrogens is 232 g/mol. The van der Waals surface area contributed by atoms with Crippen molar-refractivity contribution in [3.63, 3.8) is 0 Å². The molecule has 5 nitrogen and oxygen atoms in total. The number of aliphatic hydroxyl groups is 1. The summed E-state index contributed by atoms with van der Waals surface area (Å²) < 4.78 is 5.21. The zero-order chi connectivity index (χ0) is 13.2. The summed E-state index contributed by atoms with van der Waals surface area (Å²) in [6, 6.07) is 0. The lowest BCUT2D eigenvalue weighted by Crippen LogP contribution is -2.62. The molecule has 0 spiro atoms. The van der Waals surface area contributed by atoms with Gasteiger partial charge in [-0.05, 0) is 38.0 Å². The lowest BCUT2D eigenvalue weighted by atomic mass is 9.77. The van der Waals surface area contributed by atoms with E-state index >= 15 is 0 Å². The first-order valence-corrected chi connectivity index (χ1v) is 6.80. The lowest BCUT2D eigenvalue weighted by Gasteiger charge is -2.40. The van der Waals surface area contributed by atoms with Crippen molar-refractivity contribution in [1.82, 2.24) is 5.32 Å². The van der Waals surface area contributed by atoms with E-state index in [4.69, 9.17) is 10.5 Å². The van der Waals surface area contributed by atoms with Gasteiger partial charge < -0.3 is 20.9 Å². The third-order valence-corrected chi connectivity index (χ3v) is 4.42. The molecule has 0 radical (unpaired) electrons. The van der Waals surface area contributed by atoms with E-state index in [0.29, 0.717) is 18.9 Å². The number of hydrogen-bond donors (Lipinski definition) is 3. The van der Waals surface area contributed by atoms with Gasteiger partial charge in [-0.15, -0.1) is 0 Å². The Morgan fingerprint density at radius 3 is 2.61 bits per heavy atom. The summed E-state index contributed by atoms with van der Waals surface area (Å²) in [5, 5.41) is 12.6. The Bertz CT molecular complexity index is 305. The Balaban J connectivity index is 1.99. The molecule has 0 aromatic carbocycles. The van der Waals surface area contributed by atoms with Gasteiger partial charge in [0.05, 0.1) is 18.8 Å². The third-order valence-electron chi connectivity index (χ3n) is 4.42. The van der Waals surface area contributed by atoms with Gasteiger partial charge in [0.1, 0.15) is 5.54 Å². The van der Waals surface area contributed by atoms with Gasteiger partial charge in [0, 0.05) is 6.61 Å². The minimum absolute atomic E-state index is 0.0115. The maximum absolute atomic E-state index is 12.3. The maximum atomic E-state index is 12.3. The molecule has 1 aliphatic heterocycles. The number of aliphatic hydroxyl groups excluding tert-OH is 1. The summed E-state index contributed by atoms with van der Waals surface area (Å²) in [6.07, 6.45) is 4.28. The third kappa shape index (κ3) is 2.68. The summed E-state index contributed by atoms with van der Waals surface area (Å²) in [7, 11) is 0. The second kappa shape index (κ2) is 5.15. The van der Waals surface area contributed by atoms with E-state index in [9.17, 15) is 9.90 Å². The first-order valence-electron chi connectivity index (χ1n) is 6.80. The molecule has 2 rings (SSSR count). The van der Waals surface area contributed by atoms with Crippen LogP contribution >= 0.6 is 0 Å². The highest BCUT2D eigenvalue weighted by Crippen LogP contribution is 2.32. The van der Waals surface area contributed by atoms with Gasteiger partial charge in [-0.2, -0.15) is 0 Å². The van der Waals surface area contributed by atoms with Gasteiger partial charge in [0.15, 0.2) is 0 Å². The molecular formula is C13H24N2O3. The highest BCUT2D eigenvalue weighted by molar-refractivity contribution is 5.87. The van der Waals surface area contributed by atoms with Crippen LogP contribution in [0.2, 0.25) is 0 Å². The van der Waals surface area contributed by atoms with Crippen molar-refractivity contribution in [3.05, 3.63) is 0 Å². The van der Waals surface area contributed by atoms with Crippen LogP contribution in [0.25, 0.3) is 0 Å². The van der Waals surface area contributed by atoms with E-state index < -0.39 is 11.1 Å². The summed E-state index contributed by atoms with van der Waals surface area (Å²) >= 11 is 0. The van der Waals surface area contributed by atoms with Gasteiger partial charge in [0.2, 0.25) is 5.91 Å². The first-order chi connectivity index (χ1) is 8.50. The molecule has 0 bridgehead atoms. The first kappa shape index (κ1) is 13.8. The van der Waals surface area contributed by atoms with Crippen LogP contribution < -0.4 is 11.1 Å². The molecule has 1 atom stereocenters. The van der Waals surface area contributed by atoms with Crippen LogP contribution in [-0.4, -0.2) is 41.9 Å². The topological polar surface area (TPSA) is 84.6 Å². The van der Waals surface area contributed by atoms with Crippen molar-refractivity contribution in [1.29, 1.82) is 0 Å². The van der Waals surface area contributed by atoms with Gasteiger partial charge in [-0.1, -0.05) is 6.92 Å². The number of carbonyl (C=O) groups is 1. The average molecular weight is 256 g/mol. The predicted molar refractivity (Wildman–Crippen MR) is 67.9 cm³/mol. The van der Waals surface area contributed by atoms with E-state index in [2.05, 4.69) is 12.2 Å². The Morgan fingerprint density at radius 2 is 2.11 bits per heavy atom. The van der Waals surface area contributed by atoms with E-state index in [1.165, 1.54) is 0 Å². The summed E-state index contributed by atoms with van der Waals surface area (Å²) in [4.78, 5) is 12.3. The number of carbonyl (C=O) groups excluding carboxylic acids is 1. The number of hydrogen-bond acceptors (Lipinski definition) is 4. The number of nitrogens with one attached hydrogen (secondary N) is 1. The van der Waals surface area contributed by atoms with Crippen LogP contribution in [0, 0.1) is 5.92 Å². The fraction of sp³-hybridized carbons (Fsp3) is 0.923. The monoisotopic (exact) mass is 256 g/mol. The maximum Gasteiger partial charge on any atom is 0.243 e. The van der Waals surface area contributed by atoms with Crippen LogP contribution in [0.1, 0.15) is 39.0 Å². The van der Waals surface area contributed by atoms with Crippen LogP contribution in [0.3, 0.4) is 0 Å². The minimum atomic E-state index is -0.911. The van der Waals surface area contributed by atoms with Crippen LogP contribution in [-0.2, 0) is 9.53 Å². The molecule has 1 amide bonds. The Hall–Kier alpha value is -0.650. The van der Waals surface area contributed by atoms with E-state index in [1.54, 1.807) is 0 Å². The van der Waals surface area contributed by atoms with Crippen molar-refractivity contribution in [2.75, 3.05) is 19.8 Å². The highest BCUT2D eigenvalue weighted by Gasteiger charge is 2.43. The number of ether oxygens (including phenoxy) is 1. The molecule has 1 unspecified atom stereocenters. The lowest BCUT2D eigenvalue weighted by molar-refractivity contribution is -0.129. The molecule has 0 aromatic heterocycles. The predicted octanol–water partition coefficient (Wildman–Crippen LogP) is 0.162. The second-order valence-electron chi connectivity index (χ2n) is 6.03. The molecule has 2 aliphatic rings. The van der Waals surface area contributed by atoms with Crippen molar-refractivity contribution < 1.29 is 14.6 Å². The fourth-order valence-electron chi connectivity index (χ4n) is 2.76. The summed E-state index contributed by atoms with van der Waals surface area (Å²) in [6.45, 7) is 3.00. The Morgan fingerprint density at radius 1 is 1.44 bits per heavy atom. The molecule has 5 heteroatoms. The zero-order valence-corrected chi connectivity index (χ0v) is 11.1. The molecule has 1 aliphatic carbocycles. The largest absolute Gasteiger partial charge is 0.394 e. The van der Waals surface area contributed by atoms with E-state index in [0.717, 1.165) is 25.7 Å². The Labute approximate surface area is 108 Å². The smallest absolute Gasteiger partial charge is 0.243 e. The van der Waals surface area contributed by atoms with Crippen LogP contribution in [0.15, 0.2) is 0 Å². The quantitative estimate of drug-likeness (QED) is 0.671. The van der Waals surface area contributed by atoms with Gasteiger partial charge in [0.25, 0.3) is 0 Å². The molecule has 1 saturated heterocycles. The van der Waals surface area contributed by atoms with Crippen molar-refractivity contribution in [2.24, 2.45) is 11.7 Å². The number of rotatable bonds is 3. The van der Waals surface area contributed by atoms with E-state index in [-0.39, 0.29) is 19.1 Å². The molecule has 18 heavy (non-hydrogen) atoms. The summed E-state index contributed by atoms with van der Waals surface area (Å²) in [5.74, 6) is 0.492. The van der Waals surface area contributed by atoms with Gasteiger partial charge >= 0.3 is 0 Å². The molecule has 104 valence electrons. The standard InChI is InChI=1S/C13H24N2O3/c1-10-2-4-12(8-16,5-3-10)15-11(17)13(14)6-7-18-9-13/h10,16H,2-9,14H2,1H3,(H,15,17). The average Bonchev–Trinajstić information content (AvgIpc) is 2.81. The molecule has 1 heterocycles. The number of amides is 1. The fourth-order valence-corrected chi connectivity index (χ4v) is 2.76. The Kier molecular flexibility index (Phi) is 3.94. The highest BCUT2D eigenvalue weighted by atomic mass is 16.5. The van der Waals surface area contributed by atoms with Crippen molar-refractivity contribution >= 4 is 5.91 Å². The van der Waals surface area contributed by atoms with Crippen LogP contribution in [0.5, 0.6) is 0 Å². The SMILES string of the molecule is CC1CCC(CO)(NC(=O)C2(N)CCOC2)CC1. The van der Waals surface area contributed by atoms with Crippen molar-refractivity contribution in [3.8, 4) is 0 Å². The molecule has 2 fully saturated rings. The number of nitrogens with two attached hydrogens (primary N) is 1. The van der Waals surface area contributed by atoms with Gasteiger partial charge in [-0.25, -0.2) is 0 Å². The minimum Gasteiger partial charge on any atom is -0.394 e. The molecule has 0 aromatic rings. The van der Waals surface area contributed by atoms with Crippen molar-refractivity contribution in [2.45, 2.75) is 50.1 Å². The van der Waals surface area contributed by atoms with E-state index in [1.807, 2.05) is 0 Å². The summed E-state index contributed by atoms with van der Waals surface area (Å²) in [5.41, 5.74) is 4.66. The second-order valence-corrected chi connectivity index (χ2v) is 6.03. The molecule has 1 saturated carbocycles.